The average Bonchev–Trinajstić information content (AvgIpc) is 2.14. The molecule has 0 fully saturated rings. The molecular weight excluding hydrogens is 122 g/mol. The highest BCUT2D eigenvalue weighted by Crippen LogP contribution is 2.31. The predicted molar refractivity (Wildman–Crippen MR) is 40.1 cm³/mol. The van der Waals surface area contributed by atoms with Crippen LogP contribution in [0.25, 0.3) is 0 Å². The first kappa shape index (κ1) is 5.48. The molecule has 0 bridgehead atoms. The van der Waals surface area contributed by atoms with Crippen LogP contribution in [-0.2, 0) is 0 Å². The topological polar surface area (TPSA) is 0 Å². The molecule has 0 N–H and O–H groups in total. The van der Waals surface area contributed by atoms with E-state index in [1.165, 1.54) is 0 Å². The standard InChI is InChI=1S/C5H8P2/c6-7-5-3-1-2-4-5/h1-5,7H,6H2. The van der Waals surface area contributed by atoms with Crippen molar-refractivity contribution in [1.82, 2.24) is 0 Å². The van der Waals surface area contributed by atoms with E-state index in [1.54, 1.807) is 0 Å². The Kier molecular flexibility index (Phi) is 2.03. The van der Waals surface area contributed by atoms with Crippen molar-refractivity contribution in [2.24, 2.45) is 0 Å². The zero-order valence-corrected chi connectivity index (χ0v) is 6.12. The highest BCUT2D eigenvalue weighted by atomic mass is 32.0. The van der Waals surface area contributed by atoms with Crippen molar-refractivity contribution in [3.05, 3.63) is 24.3 Å². The Labute approximate surface area is 48.0 Å². The first-order chi connectivity index (χ1) is 3.43. The third-order valence-corrected chi connectivity index (χ3v) is 2.86. The van der Waals surface area contributed by atoms with Gasteiger partial charge in [0.05, 0.1) is 0 Å². The van der Waals surface area contributed by atoms with E-state index in [1.807, 2.05) is 0 Å². The van der Waals surface area contributed by atoms with E-state index in [9.17, 15) is 0 Å². The van der Waals surface area contributed by atoms with E-state index in [2.05, 4.69) is 33.2 Å². The lowest BCUT2D eigenvalue weighted by molar-refractivity contribution is 1.47. The fourth-order valence-electron chi connectivity index (χ4n) is 0.543. The quantitative estimate of drug-likeness (QED) is 0.476. The smallest absolute Gasteiger partial charge is 0.0163 e. The molecule has 0 aromatic rings. The highest BCUT2D eigenvalue weighted by molar-refractivity contribution is 8.03. The van der Waals surface area contributed by atoms with Crippen LogP contribution in [0.15, 0.2) is 24.3 Å². The summed E-state index contributed by atoms with van der Waals surface area (Å²) in [6.07, 6.45) is 8.63. The first-order valence-corrected chi connectivity index (χ1v) is 5.13. The van der Waals surface area contributed by atoms with Gasteiger partial charge in [-0.15, -0.1) is 8.93 Å². The summed E-state index contributed by atoms with van der Waals surface area (Å²) in [7, 11) is 3.70. The fraction of sp³-hybridized carbons (Fsp3) is 0.200. The maximum atomic E-state index is 2.75. The summed E-state index contributed by atoms with van der Waals surface area (Å²) in [4.78, 5) is 0. The summed E-state index contributed by atoms with van der Waals surface area (Å²) in [5.41, 5.74) is 0.727. The normalized spacial score (nSPS) is 20.7. The molecule has 0 saturated heterocycles. The molecule has 0 aliphatic heterocycles. The minimum absolute atomic E-state index is 0.727. The van der Waals surface area contributed by atoms with Gasteiger partial charge in [-0.1, -0.05) is 32.6 Å². The van der Waals surface area contributed by atoms with Crippen LogP contribution in [0.3, 0.4) is 0 Å². The average molecular weight is 130 g/mol. The van der Waals surface area contributed by atoms with Crippen LogP contribution in [0.1, 0.15) is 0 Å². The number of rotatable bonds is 1. The molecule has 0 aromatic heterocycles. The molecule has 1 aliphatic carbocycles. The zero-order chi connectivity index (χ0) is 5.11. The van der Waals surface area contributed by atoms with E-state index in [4.69, 9.17) is 0 Å². The number of hydrogen-bond donors (Lipinski definition) is 0. The van der Waals surface area contributed by atoms with Crippen molar-refractivity contribution < 1.29 is 0 Å². The maximum absolute atomic E-state index is 2.75. The molecule has 7 heavy (non-hydrogen) atoms. The highest BCUT2D eigenvalue weighted by Gasteiger charge is 1.96. The Balaban J connectivity index is 2.44. The summed E-state index contributed by atoms with van der Waals surface area (Å²) < 4.78 is 0. The largest absolute Gasteiger partial charge is 0.114 e. The van der Waals surface area contributed by atoms with Gasteiger partial charge in [-0.3, -0.25) is 0 Å². The Morgan fingerprint density at radius 2 is 1.86 bits per heavy atom. The SMILES string of the molecule is PPC1C=CC=C1. The van der Waals surface area contributed by atoms with Crippen LogP contribution >= 0.6 is 17.2 Å². The van der Waals surface area contributed by atoms with Gasteiger partial charge in [-0.25, -0.2) is 0 Å². The van der Waals surface area contributed by atoms with E-state index < -0.39 is 0 Å². The Hall–Kier alpha value is 0.340. The summed E-state index contributed by atoms with van der Waals surface area (Å²) in [6.45, 7) is 0. The van der Waals surface area contributed by atoms with Crippen molar-refractivity contribution in [2.75, 3.05) is 0 Å². The Morgan fingerprint density at radius 3 is 2.14 bits per heavy atom. The minimum Gasteiger partial charge on any atom is -0.114 e. The van der Waals surface area contributed by atoms with Gasteiger partial charge < -0.3 is 0 Å². The zero-order valence-electron chi connectivity index (χ0n) is 3.96. The van der Waals surface area contributed by atoms with Crippen LogP contribution in [0, 0.1) is 0 Å². The second-order valence-corrected chi connectivity index (χ2v) is 3.46. The molecular formula is C5H8P2. The maximum Gasteiger partial charge on any atom is 0.0163 e. The van der Waals surface area contributed by atoms with Crippen LogP contribution in [0.4, 0.5) is 0 Å². The second kappa shape index (κ2) is 2.60. The minimum atomic E-state index is 0.727. The summed E-state index contributed by atoms with van der Waals surface area (Å²) in [5.74, 6) is 0. The molecule has 0 spiro atoms. The molecule has 2 atom stereocenters. The van der Waals surface area contributed by atoms with Crippen molar-refractivity contribution in [2.45, 2.75) is 5.66 Å². The molecule has 0 aromatic carbocycles. The molecule has 2 unspecified atom stereocenters. The van der Waals surface area contributed by atoms with Gasteiger partial charge in [-0.05, 0) is 0 Å². The van der Waals surface area contributed by atoms with Crippen molar-refractivity contribution in [3.8, 4) is 0 Å². The van der Waals surface area contributed by atoms with Crippen LogP contribution < -0.4 is 0 Å². The van der Waals surface area contributed by atoms with Crippen LogP contribution in [-0.4, -0.2) is 5.66 Å². The van der Waals surface area contributed by atoms with Gasteiger partial charge in [0.2, 0.25) is 0 Å². The molecule has 2 heteroatoms. The third-order valence-electron chi connectivity index (χ3n) is 0.940. The van der Waals surface area contributed by atoms with E-state index >= 15 is 0 Å². The van der Waals surface area contributed by atoms with E-state index in [0.717, 1.165) is 13.9 Å². The molecule has 0 nitrogen and oxygen atoms in total. The molecule has 38 valence electrons. The van der Waals surface area contributed by atoms with Crippen molar-refractivity contribution >= 4 is 17.2 Å². The summed E-state index contributed by atoms with van der Waals surface area (Å²) >= 11 is 0. The first-order valence-electron chi connectivity index (χ1n) is 2.24. The predicted octanol–water partition coefficient (Wildman–Crippen LogP) is 1.95. The van der Waals surface area contributed by atoms with Gasteiger partial charge in [0.25, 0.3) is 0 Å². The fourth-order valence-corrected chi connectivity index (χ4v) is 1.65. The molecule has 1 aliphatic rings. The second-order valence-electron chi connectivity index (χ2n) is 1.46. The van der Waals surface area contributed by atoms with E-state index in [0.29, 0.717) is 0 Å². The van der Waals surface area contributed by atoms with Gasteiger partial charge >= 0.3 is 0 Å². The lowest BCUT2D eigenvalue weighted by atomic mass is 10.5. The lowest BCUT2D eigenvalue weighted by Crippen LogP contribution is -1.78. The summed E-state index contributed by atoms with van der Waals surface area (Å²) in [6, 6.07) is 0. The molecule has 1 rings (SSSR count). The third kappa shape index (κ3) is 1.37. The number of hydrogen-bond acceptors (Lipinski definition) is 0. The Bertz CT molecular complexity index is 92.6. The molecule has 0 heterocycles. The lowest BCUT2D eigenvalue weighted by Gasteiger charge is -1.94. The van der Waals surface area contributed by atoms with Crippen LogP contribution in [0.2, 0.25) is 0 Å². The molecule has 0 amide bonds. The van der Waals surface area contributed by atoms with Gasteiger partial charge in [0.1, 0.15) is 0 Å². The van der Waals surface area contributed by atoms with Gasteiger partial charge in [0, 0.05) is 5.66 Å². The van der Waals surface area contributed by atoms with E-state index in [-0.39, 0.29) is 0 Å². The number of allylic oxidation sites excluding steroid dienone is 4. The molecule has 0 saturated carbocycles. The summed E-state index contributed by atoms with van der Waals surface area (Å²) in [5, 5.41) is 0. The van der Waals surface area contributed by atoms with Crippen LogP contribution in [0.5, 0.6) is 0 Å². The monoisotopic (exact) mass is 130 g/mol. The Morgan fingerprint density at radius 1 is 1.29 bits per heavy atom. The van der Waals surface area contributed by atoms with Gasteiger partial charge in [0.15, 0.2) is 0 Å². The molecule has 0 radical (unpaired) electrons. The van der Waals surface area contributed by atoms with Gasteiger partial charge in [-0.2, -0.15) is 0 Å². The van der Waals surface area contributed by atoms with Crippen molar-refractivity contribution in [3.63, 3.8) is 0 Å². The van der Waals surface area contributed by atoms with Crippen molar-refractivity contribution in [1.29, 1.82) is 0 Å².